The fraction of sp³-hybridized carbons (Fsp3) is 1.00. The van der Waals surface area contributed by atoms with Crippen LogP contribution in [0.15, 0.2) is 0 Å². The molecule has 0 spiro atoms. The lowest BCUT2D eigenvalue weighted by molar-refractivity contribution is -0.0201. The standard InChI is InChI=1S/C10H22O4.C6H14O4/c1-9(6-12)5-10(2,7-13)8-14-4-3-11;1-5(8)3-10-4-6(9)2-7/h9,11-13H,3-8H2,1-2H3;5-9H,2-4H2,1H3. The zero-order valence-corrected chi connectivity index (χ0v) is 15.1. The normalized spacial score (nSPS) is 17.4. The van der Waals surface area contributed by atoms with E-state index in [1.165, 1.54) is 0 Å². The van der Waals surface area contributed by atoms with Gasteiger partial charge in [0, 0.05) is 12.0 Å². The SMILES string of the molecule is CC(CO)CC(C)(CO)COCCO.CC(O)COCC(O)CO. The predicted molar refractivity (Wildman–Crippen MR) is 89.6 cm³/mol. The van der Waals surface area contributed by atoms with Crippen LogP contribution in [0, 0.1) is 11.3 Å². The second-order valence-corrected chi connectivity index (χ2v) is 6.46. The van der Waals surface area contributed by atoms with E-state index in [1.807, 2.05) is 13.8 Å². The molecule has 24 heavy (non-hydrogen) atoms. The smallest absolute Gasteiger partial charge is 0.100 e. The minimum atomic E-state index is -0.834. The van der Waals surface area contributed by atoms with E-state index >= 15 is 0 Å². The first-order valence-corrected chi connectivity index (χ1v) is 8.19. The van der Waals surface area contributed by atoms with Gasteiger partial charge in [0.25, 0.3) is 0 Å². The van der Waals surface area contributed by atoms with Crippen LogP contribution in [0.25, 0.3) is 0 Å². The Labute approximate surface area is 144 Å². The van der Waals surface area contributed by atoms with Crippen molar-refractivity contribution in [3.05, 3.63) is 0 Å². The summed E-state index contributed by atoms with van der Waals surface area (Å²) in [5, 5.41) is 52.3. The van der Waals surface area contributed by atoms with E-state index in [2.05, 4.69) is 0 Å². The Morgan fingerprint density at radius 3 is 1.96 bits per heavy atom. The highest BCUT2D eigenvalue weighted by Crippen LogP contribution is 2.25. The van der Waals surface area contributed by atoms with Crippen molar-refractivity contribution >= 4 is 0 Å². The van der Waals surface area contributed by atoms with Gasteiger partial charge in [0.15, 0.2) is 0 Å². The lowest BCUT2D eigenvalue weighted by Gasteiger charge is -2.29. The fourth-order valence-electron chi connectivity index (χ4n) is 1.89. The second-order valence-electron chi connectivity index (χ2n) is 6.46. The Morgan fingerprint density at radius 2 is 1.54 bits per heavy atom. The summed E-state index contributed by atoms with van der Waals surface area (Å²) < 4.78 is 9.98. The Kier molecular flexibility index (Phi) is 17.5. The summed E-state index contributed by atoms with van der Waals surface area (Å²) in [4.78, 5) is 0. The highest BCUT2D eigenvalue weighted by molar-refractivity contribution is 4.75. The molecule has 0 bridgehead atoms. The maximum Gasteiger partial charge on any atom is 0.100 e. The van der Waals surface area contributed by atoms with Crippen LogP contribution in [0.1, 0.15) is 27.2 Å². The van der Waals surface area contributed by atoms with E-state index in [1.54, 1.807) is 6.92 Å². The van der Waals surface area contributed by atoms with Gasteiger partial charge in [-0.1, -0.05) is 13.8 Å². The maximum atomic E-state index is 9.20. The molecule has 0 aromatic carbocycles. The van der Waals surface area contributed by atoms with Crippen LogP contribution in [0.5, 0.6) is 0 Å². The summed E-state index contributed by atoms with van der Waals surface area (Å²) >= 11 is 0. The van der Waals surface area contributed by atoms with Gasteiger partial charge >= 0.3 is 0 Å². The molecule has 0 rings (SSSR count). The monoisotopic (exact) mass is 356 g/mol. The molecule has 0 fully saturated rings. The number of rotatable bonds is 13. The second kappa shape index (κ2) is 16.2. The van der Waals surface area contributed by atoms with Crippen molar-refractivity contribution in [3.8, 4) is 0 Å². The Morgan fingerprint density at radius 1 is 0.917 bits per heavy atom. The summed E-state index contributed by atoms with van der Waals surface area (Å²) in [7, 11) is 0. The molecule has 0 heterocycles. The zero-order chi connectivity index (χ0) is 19.0. The highest BCUT2D eigenvalue weighted by atomic mass is 16.5. The van der Waals surface area contributed by atoms with Crippen molar-refractivity contribution in [2.75, 3.05) is 52.9 Å². The average Bonchev–Trinajstić information content (AvgIpc) is 2.55. The average molecular weight is 356 g/mol. The highest BCUT2D eigenvalue weighted by Gasteiger charge is 2.26. The summed E-state index contributed by atoms with van der Waals surface area (Å²) in [5.74, 6) is 0.157. The minimum absolute atomic E-state index is 0.00291. The van der Waals surface area contributed by atoms with Gasteiger partial charge in [-0.3, -0.25) is 0 Å². The topological polar surface area (TPSA) is 140 Å². The van der Waals surface area contributed by atoms with Crippen LogP contribution in [0.3, 0.4) is 0 Å². The third kappa shape index (κ3) is 16.5. The van der Waals surface area contributed by atoms with E-state index in [0.29, 0.717) is 19.6 Å². The van der Waals surface area contributed by atoms with Crippen molar-refractivity contribution < 1.29 is 40.1 Å². The van der Waals surface area contributed by atoms with Crippen LogP contribution in [-0.4, -0.2) is 95.7 Å². The van der Waals surface area contributed by atoms with Crippen molar-refractivity contribution in [2.24, 2.45) is 11.3 Å². The van der Waals surface area contributed by atoms with Gasteiger partial charge in [0.05, 0.1) is 52.4 Å². The third-order valence-electron chi connectivity index (χ3n) is 3.10. The van der Waals surface area contributed by atoms with Gasteiger partial charge in [0.1, 0.15) is 6.10 Å². The van der Waals surface area contributed by atoms with E-state index in [0.717, 1.165) is 0 Å². The Hall–Kier alpha value is -0.320. The molecule has 0 amide bonds. The first kappa shape index (κ1) is 25.9. The first-order chi connectivity index (χ1) is 11.2. The first-order valence-electron chi connectivity index (χ1n) is 8.19. The maximum absolute atomic E-state index is 9.20. The zero-order valence-electron chi connectivity index (χ0n) is 15.1. The predicted octanol–water partition coefficient (Wildman–Crippen LogP) is -1.25. The summed E-state index contributed by atoms with van der Waals surface area (Å²) in [6.45, 7) is 6.24. The fourth-order valence-corrected chi connectivity index (χ4v) is 1.89. The van der Waals surface area contributed by atoms with E-state index in [-0.39, 0.29) is 51.0 Å². The van der Waals surface area contributed by atoms with E-state index in [9.17, 15) is 5.11 Å². The molecular formula is C16H36O8. The quantitative estimate of drug-likeness (QED) is 0.225. The molecule has 0 saturated heterocycles. The molecule has 8 heteroatoms. The van der Waals surface area contributed by atoms with Gasteiger partial charge in [-0.25, -0.2) is 0 Å². The number of aliphatic hydroxyl groups is 6. The van der Waals surface area contributed by atoms with Crippen molar-refractivity contribution in [1.29, 1.82) is 0 Å². The summed E-state index contributed by atoms with van der Waals surface area (Å²) in [6, 6.07) is 0. The van der Waals surface area contributed by atoms with Crippen LogP contribution in [0.2, 0.25) is 0 Å². The molecule has 0 aliphatic heterocycles. The molecule has 0 aliphatic carbocycles. The lowest BCUT2D eigenvalue weighted by Crippen LogP contribution is -2.31. The molecule has 148 valence electrons. The van der Waals surface area contributed by atoms with Gasteiger partial charge < -0.3 is 40.1 Å². The van der Waals surface area contributed by atoms with Gasteiger partial charge in [-0.05, 0) is 19.3 Å². The van der Waals surface area contributed by atoms with E-state index in [4.69, 9.17) is 35.0 Å². The third-order valence-corrected chi connectivity index (χ3v) is 3.10. The van der Waals surface area contributed by atoms with Gasteiger partial charge in [-0.15, -0.1) is 0 Å². The van der Waals surface area contributed by atoms with Gasteiger partial charge in [-0.2, -0.15) is 0 Å². The number of hydrogen-bond acceptors (Lipinski definition) is 8. The van der Waals surface area contributed by atoms with Crippen LogP contribution >= 0.6 is 0 Å². The van der Waals surface area contributed by atoms with Crippen molar-refractivity contribution in [1.82, 2.24) is 0 Å². The molecule has 8 nitrogen and oxygen atoms in total. The molecular weight excluding hydrogens is 320 g/mol. The molecule has 0 saturated carbocycles. The molecule has 0 aliphatic rings. The molecule has 0 radical (unpaired) electrons. The van der Waals surface area contributed by atoms with Crippen molar-refractivity contribution in [2.45, 2.75) is 39.4 Å². The molecule has 0 aromatic heterocycles. The molecule has 0 aromatic rings. The number of ether oxygens (including phenoxy) is 2. The Bertz CT molecular complexity index is 264. The number of aliphatic hydroxyl groups excluding tert-OH is 6. The van der Waals surface area contributed by atoms with E-state index < -0.39 is 12.2 Å². The van der Waals surface area contributed by atoms with Crippen molar-refractivity contribution in [3.63, 3.8) is 0 Å². The van der Waals surface area contributed by atoms with Gasteiger partial charge in [0.2, 0.25) is 0 Å². The molecule has 4 atom stereocenters. The van der Waals surface area contributed by atoms with Crippen LogP contribution in [-0.2, 0) is 9.47 Å². The van der Waals surface area contributed by atoms with Crippen LogP contribution < -0.4 is 0 Å². The lowest BCUT2D eigenvalue weighted by atomic mass is 9.83. The summed E-state index contributed by atoms with van der Waals surface area (Å²) in [6.07, 6.45) is -0.643. The minimum Gasteiger partial charge on any atom is -0.396 e. The molecule has 4 unspecified atom stereocenters. The Balaban J connectivity index is 0. The largest absolute Gasteiger partial charge is 0.396 e. The summed E-state index contributed by atoms with van der Waals surface area (Å²) in [5.41, 5.74) is -0.322. The number of hydrogen-bond donors (Lipinski definition) is 6. The van der Waals surface area contributed by atoms with Crippen LogP contribution in [0.4, 0.5) is 0 Å². The molecule has 6 N–H and O–H groups in total.